The predicted molar refractivity (Wildman–Crippen MR) is 129 cm³/mol. The number of thioether (sulfide) groups is 1. The Morgan fingerprint density at radius 2 is 1.94 bits per heavy atom. The number of anilines is 1. The molecule has 0 radical (unpaired) electrons. The zero-order chi connectivity index (χ0) is 23.4. The molecular weight excluding hydrogens is 460 g/mol. The molecule has 1 amide bonds. The SMILES string of the molecule is CCOC(=O)c1c(NC(=O)CSc2nnc(-c3ccc(OCC)cc3)n2C)sc2c1CCC2. The van der Waals surface area contributed by atoms with Crippen molar-refractivity contribution in [3.63, 3.8) is 0 Å². The summed E-state index contributed by atoms with van der Waals surface area (Å²) in [6.45, 7) is 4.64. The number of nitrogens with one attached hydrogen (secondary N) is 1. The highest BCUT2D eigenvalue weighted by atomic mass is 32.2. The van der Waals surface area contributed by atoms with Crippen LogP contribution in [0.4, 0.5) is 5.00 Å². The third-order valence-electron chi connectivity index (χ3n) is 5.24. The Hall–Kier alpha value is -2.85. The average Bonchev–Trinajstić information content (AvgIpc) is 3.48. The number of carbonyl (C=O) groups excluding carboxylic acids is 2. The van der Waals surface area contributed by atoms with Crippen molar-refractivity contribution in [3.8, 4) is 17.1 Å². The van der Waals surface area contributed by atoms with Gasteiger partial charge in [0.2, 0.25) is 5.91 Å². The molecule has 0 atom stereocenters. The molecule has 0 bridgehead atoms. The van der Waals surface area contributed by atoms with Gasteiger partial charge in [0.25, 0.3) is 0 Å². The van der Waals surface area contributed by atoms with E-state index in [4.69, 9.17) is 9.47 Å². The van der Waals surface area contributed by atoms with Crippen molar-refractivity contribution in [1.82, 2.24) is 14.8 Å². The van der Waals surface area contributed by atoms with Crippen LogP contribution in [0.15, 0.2) is 29.4 Å². The number of aryl methyl sites for hydroxylation is 1. The van der Waals surface area contributed by atoms with Crippen LogP contribution in [0.2, 0.25) is 0 Å². The highest BCUT2D eigenvalue weighted by Gasteiger charge is 2.28. The Kier molecular flexibility index (Phi) is 7.34. The van der Waals surface area contributed by atoms with Crippen molar-refractivity contribution < 1.29 is 19.1 Å². The molecule has 0 saturated carbocycles. The molecule has 3 aromatic rings. The Bertz CT molecular complexity index is 1150. The maximum atomic E-state index is 12.7. The summed E-state index contributed by atoms with van der Waals surface area (Å²) in [5.74, 6) is 1.10. The highest BCUT2D eigenvalue weighted by Crippen LogP contribution is 2.39. The molecule has 1 N–H and O–H groups in total. The molecule has 1 aliphatic carbocycles. The van der Waals surface area contributed by atoms with Crippen LogP contribution in [-0.2, 0) is 29.4 Å². The first-order chi connectivity index (χ1) is 16.0. The van der Waals surface area contributed by atoms with Crippen LogP contribution < -0.4 is 10.1 Å². The molecule has 4 rings (SSSR count). The van der Waals surface area contributed by atoms with Gasteiger partial charge in [0.1, 0.15) is 10.8 Å². The highest BCUT2D eigenvalue weighted by molar-refractivity contribution is 7.99. The van der Waals surface area contributed by atoms with Crippen molar-refractivity contribution in [3.05, 3.63) is 40.3 Å². The van der Waals surface area contributed by atoms with E-state index >= 15 is 0 Å². The van der Waals surface area contributed by atoms with E-state index in [1.54, 1.807) is 6.92 Å². The van der Waals surface area contributed by atoms with Gasteiger partial charge in [-0.3, -0.25) is 4.79 Å². The molecule has 1 aliphatic rings. The number of carbonyl (C=O) groups is 2. The minimum absolute atomic E-state index is 0.153. The van der Waals surface area contributed by atoms with E-state index in [2.05, 4.69) is 15.5 Å². The second-order valence-electron chi connectivity index (χ2n) is 7.44. The van der Waals surface area contributed by atoms with E-state index in [1.165, 1.54) is 23.1 Å². The lowest BCUT2D eigenvalue weighted by Crippen LogP contribution is -2.17. The molecule has 2 heterocycles. The Balaban J connectivity index is 1.42. The zero-order valence-electron chi connectivity index (χ0n) is 18.8. The minimum Gasteiger partial charge on any atom is -0.494 e. The molecule has 0 unspecified atom stereocenters. The lowest BCUT2D eigenvalue weighted by Gasteiger charge is -2.08. The van der Waals surface area contributed by atoms with Crippen LogP contribution in [0.1, 0.15) is 41.1 Å². The number of nitrogens with zero attached hydrogens (tertiary/aromatic N) is 3. The van der Waals surface area contributed by atoms with Gasteiger partial charge in [0.05, 0.1) is 24.5 Å². The molecule has 174 valence electrons. The lowest BCUT2D eigenvalue weighted by atomic mass is 10.1. The number of rotatable bonds is 9. The van der Waals surface area contributed by atoms with E-state index in [1.807, 2.05) is 42.8 Å². The summed E-state index contributed by atoms with van der Waals surface area (Å²) in [7, 11) is 1.87. The predicted octanol–water partition coefficient (Wildman–Crippen LogP) is 4.34. The number of amides is 1. The molecule has 0 aliphatic heterocycles. The average molecular weight is 487 g/mol. The first-order valence-electron chi connectivity index (χ1n) is 10.9. The molecular formula is C23H26N4O4S2. The summed E-state index contributed by atoms with van der Waals surface area (Å²) in [4.78, 5) is 26.3. The van der Waals surface area contributed by atoms with Crippen molar-refractivity contribution >= 4 is 40.0 Å². The molecule has 10 heteroatoms. The topological polar surface area (TPSA) is 95.3 Å². The largest absolute Gasteiger partial charge is 0.494 e. The second kappa shape index (κ2) is 10.4. The van der Waals surface area contributed by atoms with Crippen LogP contribution in [-0.4, -0.2) is 45.6 Å². The summed E-state index contributed by atoms with van der Waals surface area (Å²) >= 11 is 2.77. The number of benzene rings is 1. The molecule has 8 nitrogen and oxygen atoms in total. The van der Waals surface area contributed by atoms with Crippen LogP contribution in [0, 0.1) is 0 Å². The molecule has 0 spiro atoms. The van der Waals surface area contributed by atoms with Crippen LogP contribution >= 0.6 is 23.1 Å². The van der Waals surface area contributed by atoms with Gasteiger partial charge in [0.15, 0.2) is 11.0 Å². The summed E-state index contributed by atoms with van der Waals surface area (Å²) in [6, 6.07) is 7.66. The molecule has 0 saturated heterocycles. The summed E-state index contributed by atoms with van der Waals surface area (Å²) < 4.78 is 12.6. The first kappa shape index (κ1) is 23.3. The van der Waals surface area contributed by atoms with Gasteiger partial charge in [0, 0.05) is 17.5 Å². The van der Waals surface area contributed by atoms with Gasteiger partial charge in [-0.15, -0.1) is 21.5 Å². The van der Waals surface area contributed by atoms with E-state index in [9.17, 15) is 9.59 Å². The Morgan fingerprint density at radius 3 is 2.67 bits per heavy atom. The van der Waals surface area contributed by atoms with Gasteiger partial charge in [-0.2, -0.15) is 0 Å². The quantitative estimate of drug-likeness (QED) is 0.355. The third-order valence-corrected chi connectivity index (χ3v) is 7.47. The lowest BCUT2D eigenvalue weighted by molar-refractivity contribution is -0.113. The van der Waals surface area contributed by atoms with E-state index < -0.39 is 0 Å². The minimum atomic E-state index is -0.367. The third kappa shape index (κ3) is 5.06. The maximum absolute atomic E-state index is 12.7. The monoisotopic (exact) mass is 486 g/mol. The van der Waals surface area contributed by atoms with E-state index in [-0.39, 0.29) is 17.6 Å². The van der Waals surface area contributed by atoms with Crippen molar-refractivity contribution in [2.75, 3.05) is 24.3 Å². The molecule has 2 aromatic heterocycles. The van der Waals surface area contributed by atoms with E-state index in [0.717, 1.165) is 41.0 Å². The Labute approximate surface area is 200 Å². The van der Waals surface area contributed by atoms with Crippen LogP contribution in [0.25, 0.3) is 11.4 Å². The maximum Gasteiger partial charge on any atom is 0.341 e. The smallest absolute Gasteiger partial charge is 0.341 e. The van der Waals surface area contributed by atoms with Gasteiger partial charge in [-0.05, 0) is 62.9 Å². The van der Waals surface area contributed by atoms with Crippen molar-refractivity contribution in [1.29, 1.82) is 0 Å². The number of ether oxygens (including phenoxy) is 2. The fraction of sp³-hybridized carbons (Fsp3) is 0.391. The second-order valence-corrected chi connectivity index (χ2v) is 9.49. The van der Waals surface area contributed by atoms with Crippen molar-refractivity contribution in [2.45, 2.75) is 38.3 Å². The van der Waals surface area contributed by atoms with Gasteiger partial charge in [-0.25, -0.2) is 4.79 Å². The number of aromatic nitrogens is 3. The number of fused-ring (bicyclic) bond motifs is 1. The zero-order valence-corrected chi connectivity index (χ0v) is 20.5. The normalized spacial score (nSPS) is 12.5. The molecule has 33 heavy (non-hydrogen) atoms. The number of thiophene rings is 1. The molecule has 0 fully saturated rings. The first-order valence-corrected chi connectivity index (χ1v) is 12.7. The standard InChI is InChI=1S/C23H26N4O4S2/c1-4-30-15-11-9-14(10-12-15)20-25-26-23(27(20)3)32-13-18(28)24-21-19(22(29)31-5-2)16-7-6-8-17(16)33-21/h9-12H,4-8,13H2,1-3H3,(H,24,28). The van der Waals surface area contributed by atoms with Gasteiger partial charge < -0.3 is 19.4 Å². The van der Waals surface area contributed by atoms with E-state index in [0.29, 0.717) is 34.8 Å². The number of esters is 1. The summed E-state index contributed by atoms with van der Waals surface area (Å²) in [5.41, 5.74) is 2.45. The summed E-state index contributed by atoms with van der Waals surface area (Å²) in [6.07, 6.45) is 2.81. The fourth-order valence-electron chi connectivity index (χ4n) is 3.76. The van der Waals surface area contributed by atoms with Gasteiger partial charge in [-0.1, -0.05) is 11.8 Å². The van der Waals surface area contributed by atoms with Crippen molar-refractivity contribution in [2.24, 2.45) is 7.05 Å². The van der Waals surface area contributed by atoms with Crippen LogP contribution in [0.3, 0.4) is 0 Å². The Morgan fingerprint density at radius 1 is 1.15 bits per heavy atom. The molecule has 1 aromatic carbocycles. The van der Waals surface area contributed by atoms with Crippen LogP contribution in [0.5, 0.6) is 5.75 Å². The van der Waals surface area contributed by atoms with Gasteiger partial charge >= 0.3 is 5.97 Å². The fourth-order valence-corrected chi connectivity index (χ4v) is 5.77. The summed E-state index contributed by atoms with van der Waals surface area (Å²) in [5, 5.41) is 12.6. The number of hydrogen-bond donors (Lipinski definition) is 1. The number of hydrogen-bond acceptors (Lipinski definition) is 8.